The van der Waals surface area contributed by atoms with Gasteiger partial charge >= 0.3 is 24.0 Å². The van der Waals surface area contributed by atoms with Gasteiger partial charge in [-0.05, 0) is 20.3 Å². The number of alkyl halides is 3. The van der Waals surface area contributed by atoms with Crippen LogP contribution in [-0.2, 0) is 23.9 Å². The van der Waals surface area contributed by atoms with E-state index < -0.39 is 42.3 Å². The van der Waals surface area contributed by atoms with Gasteiger partial charge in [0, 0.05) is 6.92 Å². The molecule has 0 rings (SSSR count). The van der Waals surface area contributed by atoms with Crippen molar-refractivity contribution in [2.45, 2.75) is 58.5 Å². The third kappa shape index (κ3) is 6.96. The van der Waals surface area contributed by atoms with E-state index in [2.05, 4.69) is 4.74 Å². The quantitative estimate of drug-likeness (QED) is 0.748. The average molecular weight is 313 g/mol. The largest absolute Gasteiger partial charge is 0.471 e. The van der Waals surface area contributed by atoms with Crippen LogP contribution in [0.5, 0.6) is 0 Å². The van der Waals surface area contributed by atoms with E-state index in [0.717, 1.165) is 6.92 Å². The Hall–Kier alpha value is -1.80. The van der Waals surface area contributed by atoms with Gasteiger partial charge in [0.25, 0.3) is 0 Å². The standard InChI is InChI=1S/C12H18F3NO5/c1-5-6(2)20-10(18)9(7(3)21-8(4)17)16-11(19)12(13,14)15/h6-7,9H,5H2,1-4H3,(H,16,19)/t6?,7?,9-/m0/s1. The van der Waals surface area contributed by atoms with Gasteiger partial charge < -0.3 is 14.8 Å². The molecule has 1 N–H and O–H groups in total. The molecule has 0 radical (unpaired) electrons. The second-order valence-corrected chi connectivity index (χ2v) is 4.42. The molecule has 1 amide bonds. The van der Waals surface area contributed by atoms with Crippen LogP contribution in [0.25, 0.3) is 0 Å². The molecule has 21 heavy (non-hydrogen) atoms. The number of nitrogens with one attached hydrogen (secondary N) is 1. The molecule has 9 heteroatoms. The molecule has 0 aromatic carbocycles. The molecule has 0 bridgehead atoms. The van der Waals surface area contributed by atoms with Crippen molar-refractivity contribution in [2.24, 2.45) is 0 Å². The molecule has 6 nitrogen and oxygen atoms in total. The molecule has 3 atom stereocenters. The van der Waals surface area contributed by atoms with Gasteiger partial charge in [-0.15, -0.1) is 0 Å². The van der Waals surface area contributed by atoms with Crippen LogP contribution in [-0.4, -0.2) is 42.3 Å². The Balaban J connectivity index is 5.04. The van der Waals surface area contributed by atoms with E-state index in [4.69, 9.17) is 4.74 Å². The zero-order valence-electron chi connectivity index (χ0n) is 12.1. The summed E-state index contributed by atoms with van der Waals surface area (Å²) in [7, 11) is 0. The third-order valence-electron chi connectivity index (χ3n) is 2.51. The van der Waals surface area contributed by atoms with E-state index in [0.29, 0.717) is 6.42 Å². The minimum Gasteiger partial charge on any atom is -0.461 e. The molecule has 0 aliphatic rings. The van der Waals surface area contributed by atoms with E-state index in [1.54, 1.807) is 6.92 Å². The maximum atomic E-state index is 12.3. The molecular weight excluding hydrogens is 295 g/mol. The number of carbonyl (C=O) groups excluding carboxylic acids is 3. The average Bonchev–Trinajstić information content (AvgIpc) is 2.32. The molecule has 0 aromatic heterocycles. The van der Waals surface area contributed by atoms with E-state index in [-0.39, 0.29) is 0 Å². The molecule has 0 fully saturated rings. The summed E-state index contributed by atoms with van der Waals surface area (Å²) >= 11 is 0. The molecule has 0 spiro atoms. The van der Waals surface area contributed by atoms with Gasteiger partial charge in [-0.3, -0.25) is 9.59 Å². The summed E-state index contributed by atoms with van der Waals surface area (Å²) in [6.45, 7) is 5.45. The summed E-state index contributed by atoms with van der Waals surface area (Å²) in [6.07, 6.45) is -6.57. The molecule has 0 heterocycles. The zero-order valence-corrected chi connectivity index (χ0v) is 12.1. The van der Waals surface area contributed by atoms with E-state index in [1.807, 2.05) is 0 Å². The van der Waals surface area contributed by atoms with E-state index in [1.165, 1.54) is 19.2 Å². The number of hydrogen-bond acceptors (Lipinski definition) is 5. The van der Waals surface area contributed by atoms with Crippen molar-refractivity contribution in [2.75, 3.05) is 0 Å². The summed E-state index contributed by atoms with van der Waals surface area (Å²) in [5, 5.41) is 1.48. The Morgan fingerprint density at radius 3 is 2.05 bits per heavy atom. The zero-order chi connectivity index (χ0) is 16.8. The second kappa shape index (κ2) is 7.84. The predicted molar refractivity (Wildman–Crippen MR) is 65.1 cm³/mol. The van der Waals surface area contributed by atoms with Crippen molar-refractivity contribution >= 4 is 17.8 Å². The minimum atomic E-state index is -5.16. The molecule has 0 aliphatic carbocycles. The molecule has 0 aliphatic heterocycles. The van der Waals surface area contributed by atoms with Crippen LogP contribution in [0, 0.1) is 0 Å². The van der Waals surface area contributed by atoms with Gasteiger partial charge in [-0.25, -0.2) is 4.79 Å². The second-order valence-electron chi connectivity index (χ2n) is 4.42. The van der Waals surface area contributed by atoms with Crippen LogP contribution in [0.2, 0.25) is 0 Å². The SMILES string of the molecule is CCC(C)OC(=O)[C@@H](NC(=O)C(F)(F)F)C(C)OC(C)=O. The Morgan fingerprint density at radius 2 is 1.67 bits per heavy atom. The fourth-order valence-corrected chi connectivity index (χ4v) is 1.28. The molecule has 0 saturated carbocycles. The first-order chi connectivity index (χ1) is 9.48. The topological polar surface area (TPSA) is 81.7 Å². The minimum absolute atomic E-state index is 0.438. The number of carbonyl (C=O) groups is 3. The molecule has 122 valence electrons. The molecule has 0 saturated heterocycles. The highest BCUT2D eigenvalue weighted by Gasteiger charge is 2.43. The van der Waals surface area contributed by atoms with Crippen LogP contribution >= 0.6 is 0 Å². The van der Waals surface area contributed by atoms with Gasteiger partial charge in [-0.2, -0.15) is 13.2 Å². The first-order valence-corrected chi connectivity index (χ1v) is 6.24. The maximum Gasteiger partial charge on any atom is 0.471 e. The normalized spacial score (nSPS) is 15.6. The van der Waals surface area contributed by atoms with Crippen LogP contribution < -0.4 is 5.32 Å². The fraction of sp³-hybridized carbons (Fsp3) is 0.750. The molecule has 2 unspecified atom stereocenters. The Labute approximate surface area is 120 Å². The number of halogens is 3. The monoisotopic (exact) mass is 313 g/mol. The van der Waals surface area contributed by atoms with Gasteiger partial charge in [0.1, 0.15) is 6.10 Å². The Bertz CT molecular complexity index is 397. The van der Waals surface area contributed by atoms with Crippen LogP contribution in [0.1, 0.15) is 34.1 Å². The van der Waals surface area contributed by atoms with E-state index >= 15 is 0 Å². The lowest BCUT2D eigenvalue weighted by atomic mass is 10.1. The van der Waals surface area contributed by atoms with E-state index in [9.17, 15) is 27.6 Å². The van der Waals surface area contributed by atoms with Crippen molar-refractivity contribution in [3.8, 4) is 0 Å². The van der Waals surface area contributed by atoms with Crippen LogP contribution in [0.15, 0.2) is 0 Å². The summed E-state index contributed by atoms with van der Waals surface area (Å²) in [5.41, 5.74) is 0. The summed E-state index contributed by atoms with van der Waals surface area (Å²) < 4.78 is 46.3. The van der Waals surface area contributed by atoms with Gasteiger partial charge in [-0.1, -0.05) is 6.92 Å². The lowest BCUT2D eigenvalue weighted by Crippen LogP contribution is -2.53. The highest BCUT2D eigenvalue weighted by Crippen LogP contribution is 2.16. The molecular formula is C12H18F3NO5. The summed E-state index contributed by atoms with van der Waals surface area (Å²) in [6, 6.07) is -1.74. The van der Waals surface area contributed by atoms with Crippen molar-refractivity contribution in [3.05, 3.63) is 0 Å². The van der Waals surface area contributed by atoms with Crippen molar-refractivity contribution < 1.29 is 37.0 Å². The van der Waals surface area contributed by atoms with Crippen molar-refractivity contribution in [1.82, 2.24) is 5.32 Å². The van der Waals surface area contributed by atoms with Crippen LogP contribution in [0.4, 0.5) is 13.2 Å². The number of esters is 2. The maximum absolute atomic E-state index is 12.3. The third-order valence-corrected chi connectivity index (χ3v) is 2.51. The van der Waals surface area contributed by atoms with Gasteiger partial charge in [0.05, 0.1) is 6.10 Å². The number of rotatable bonds is 6. The highest BCUT2D eigenvalue weighted by molar-refractivity contribution is 5.88. The summed E-state index contributed by atoms with van der Waals surface area (Å²) in [5.74, 6) is -4.21. The van der Waals surface area contributed by atoms with Gasteiger partial charge in [0.15, 0.2) is 6.04 Å². The lowest BCUT2D eigenvalue weighted by Gasteiger charge is -2.25. The lowest BCUT2D eigenvalue weighted by molar-refractivity contribution is -0.178. The van der Waals surface area contributed by atoms with Crippen LogP contribution in [0.3, 0.4) is 0 Å². The van der Waals surface area contributed by atoms with Gasteiger partial charge in [0.2, 0.25) is 0 Å². The van der Waals surface area contributed by atoms with Crippen molar-refractivity contribution in [1.29, 1.82) is 0 Å². The number of hydrogen-bond donors (Lipinski definition) is 1. The Morgan fingerprint density at radius 1 is 1.14 bits per heavy atom. The smallest absolute Gasteiger partial charge is 0.461 e. The highest BCUT2D eigenvalue weighted by atomic mass is 19.4. The molecule has 0 aromatic rings. The number of amides is 1. The summed E-state index contributed by atoms with van der Waals surface area (Å²) in [4.78, 5) is 33.6. The van der Waals surface area contributed by atoms with Crippen molar-refractivity contribution in [3.63, 3.8) is 0 Å². The first kappa shape index (κ1) is 19.2. The fourth-order valence-electron chi connectivity index (χ4n) is 1.28. The predicted octanol–water partition coefficient (Wildman–Crippen LogP) is 1.33. The number of ether oxygens (including phenoxy) is 2. The first-order valence-electron chi connectivity index (χ1n) is 6.24. The Kier molecular flexibility index (Phi) is 7.17.